The molecule has 0 spiro atoms. The van der Waals surface area contributed by atoms with E-state index in [4.69, 9.17) is 24.4 Å². The van der Waals surface area contributed by atoms with Gasteiger partial charge >= 0.3 is 0 Å². The number of furan rings is 1. The summed E-state index contributed by atoms with van der Waals surface area (Å²) in [4.78, 5) is 19.4. The molecule has 0 saturated carbocycles. The Morgan fingerprint density at radius 3 is 1.68 bits per heavy atom. The number of hydrogen-bond donors (Lipinski definition) is 0. The zero-order valence-electron chi connectivity index (χ0n) is 28.4. The quantitative estimate of drug-likeness (QED) is 0.197. The summed E-state index contributed by atoms with van der Waals surface area (Å²) in [6.07, 6.45) is 1.94. The predicted octanol–water partition coefficient (Wildman–Crippen LogP) is 11.0. The van der Waals surface area contributed by atoms with E-state index in [0.717, 1.165) is 72.7 Å². The summed E-state index contributed by atoms with van der Waals surface area (Å²) < 4.78 is 6.71. The molecule has 0 aliphatic carbocycles. The standard InChI is InChI=1S/C42H40N4O/c1-25-22-35(43-24-26(25)2)34-17-11-16-33-32-15-10-14-31(36(32)47-37(33)34)30-13-9-12-29(23-30)27-18-20-28(21-19-27)38-44-39(41(3,4)5)46-40(45-38)42(6,7)8/h9-24H,1-8H3. The highest BCUT2D eigenvalue weighted by Crippen LogP contribution is 2.40. The molecule has 4 aromatic carbocycles. The largest absolute Gasteiger partial charge is 0.455 e. The monoisotopic (exact) mass is 616 g/mol. The molecule has 0 aliphatic heterocycles. The van der Waals surface area contributed by atoms with E-state index >= 15 is 0 Å². The minimum absolute atomic E-state index is 0.182. The number of benzene rings is 4. The first-order chi connectivity index (χ1) is 22.4. The van der Waals surface area contributed by atoms with Crippen molar-refractivity contribution in [3.63, 3.8) is 0 Å². The lowest BCUT2D eigenvalue weighted by molar-refractivity contribution is 0.497. The van der Waals surface area contributed by atoms with Gasteiger partial charge in [-0.05, 0) is 59.9 Å². The molecule has 0 amide bonds. The third kappa shape index (κ3) is 5.71. The van der Waals surface area contributed by atoms with Gasteiger partial charge in [-0.15, -0.1) is 0 Å². The molecule has 0 aliphatic rings. The lowest BCUT2D eigenvalue weighted by atomic mass is 9.93. The van der Waals surface area contributed by atoms with Crippen LogP contribution >= 0.6 is 0 Å². The highest BCUT2D eigenvalue weighted by molar-refractivity contribution is 6.12. The molecule has 3 heterocycles. The summed E-state index contributed by atoms with van der Waals surface area (Å²) in [6.45, 7) is 17.1. The molecule has 5 heteroatoms. The van der Waals surface area contributed by atoms with E-state index < -0.39 is 0 Å². The van der Waals surface area contributed by atoms with Crippen LogP contribution in [0.4, 0.5) is 0 Å². The fourth-order valence-electron chi connectivity index (χ4n) is 5.87. The molecule has 0 N–H and O–H groups in total. The molecule has 0 saturated heterocycles. The van der Waals surface area contributed by atoms with Gasteiger partial charge in [0.05, 0.1) is 5.69 Å². The Bertz CT molecular complexity index is 2250. The van der Waals surface area contributed by atoms with Crippen molar-refractivity contribution in [2.75, 3.05) is 0 Å². The molecule has 3 aromatic heterocycles. The van der Waals surface area contributed by atoms with Gasteiger partial charge in [0.15, 0.2) is 5.82 Å². The average Bonchev–Trinajstić information content (AvgIpc) is 3.44. The maximum Gasteiger partial charge on any atom is 0.163 e. The van der Waals surface area contributed by atoms with Crippen molar-refractivity contribution in [2.24, 2.45) is 0 Å². The number of pyridine rings is 1. The van der Waals surface area contributed by atoms with E-state index in [0.29, 0.717) is 5.82 Å². The van der Waals surface area contributed by atoms with Gasteiger partial charge in [0.1, 0.15) is 22.8 Å². The summed E-state index contributed by atoms with van der Waals surface area (Å²) in [7, 11) is 0. The third-order valence-electron chi connectivity index (χ3n) is 8.80. The zero-order chi connectivity index (χ0) is 33.1. The lowest BCUT2D eigenvalue weighted by Gasteiger charge is -2.22. The Balaban J connectivity index is 1.27. The SMILES string of the molecule is Cc1cnc(-c2cccc3c2oc2c(-c4cccc(-c5ccc(-c6nc(C(C)(C)C)nc(C(C)(C)C)n6)cc5)c4)cccc23)cc1C. The molecule has 234 valence electrons. The maximum absolute atomic E-state index is 6.71. The van der Waals surface area contributed by atoms with Crippen LogP contribution in [0.25, 0.3) is 66.8 Å². The highest BCUT2D eigenvalue weighted by atomic mass is 16.3. The number of para-hydroxylation sites is 2. The molecule has 0 bridgehead atoms. The summed E-state index contributed by atoms with van der Waals surface area (Å²) in [5.41, 5.74) is 11.1. The molecular weight excluding hydrogens is 576 g/mol. The van der Waals surface area contributed by atoms with E-state index in [2.05, 4.69) is 146 Å². The van der Waals surface area contributed by atoms with E-state index in [1.54, 1.807) is 0 Å². The van der Waals surface area contributed by atoms with Gasteiger partial charge in [-0.1, -0.05) is 114 Å². The highest BCUT2D eigenvalue weighted by Gasteiger charge is 2.25. The smallest absolute Gasteiger partial charge is 0.163 e. The minimum atomic E-state index is -0.182. The Morgan fingerprint density at radius 1 is 0.511 bits per heavy atom. The van der Waals surface area contributed by atoms with Crippen molar-refractivity contribution in [3.05, 3.63) is 120 Å². The third-order valence-corrected chi connectivity index (χ3v) is 8.80. The predicted molar refractivity (Wildman–Crippen MR) is 194 cm³/mol. The second-order valence-corrected chi connectivity index (χ2v) is 14.6. The van der Waals surface area contributed by atoms with Crippen molar-refractivity contribution in [2.45, 2.75) is 66.2 Å². The van der Waals surface area contributed by atoms with Crippen molar-refractivity contribution >= 4 is 21.9 Å². The van der Waals surface area contributed by atoms with Crippen molar-refractivity contribution in [1.82, 2.24) is 19.9 Å². The van der Waals surface area contributed by atoms with Crippen molar-refractivity contribution in [3.8, 4) is 44.9 Å². The van der Waals surface area contributed by atoms with Gasteiger partial charge in [0.25, 0.3) is 0 Å². The Labute approximate surface area is 276 Å². The molecule has 7 rings (SSSR count). The first kappa shape index (κ1) is 30.5. The van der Waals surface area contributed by atoms with Gasteiger partial charge in [0.2, 0.25) is 0 Å². The second kappa shape index (κ2) is 11.3. The lowest BCUT2D eigenvalue weighted by Crippen LogP contribution is -2.24. The van der Waals surface area contributed by atoms with Crippen LogP contribution in [0.3, 0.4) is 0 Å². The topological polar surface area (TPSA) is 64.7 Å². The normalized spacial score (nSPS) is 12.3. The van der Waals surface area contributed by atoms with Crippen molar-refractivity contribution in [1.29, 1.82) is 0 Å². The summed E-state index contributed by atoms with van der Waals surface area (Å²) in [5.74, 6) is 2.32. The van der Waals surface area contributed by atoms with Gasteiger partial charge in [-0.2, -0.15) is 0 Å². The molecule has 0 unspecified atom stereocenters. The minimum Gasteiger partial charge on any atom is -0.455 e. The van der Waals surface area contributed by atoms with E-state index in [9.17, 15) is 0 Å². The summed E-state index contributed by atoms with van der Waals surface area (Å²) in [6, 6.07) is 32.0. The number of hydrogen-bond acceptors (Lipinski definition) is 5. The number of nitrogens with zero attached hydrogens (tertiary/aromatic N) is 4. The fourth-order valence-corrected chi connectivity index (χ4v) is 5.87. The molecule has 0 fully saturated rings. The second-order valence-electron chi connectivity index (χ2n) is 14.6. The number of fused-ring (bicyclic) bond motifs is 3. The van der Waals surface area contributed by atoms with Gasteiger partial charge in [0, 0.05) is 44.5 Å². The van der Waals surface area contributed by atoms with Gasteiger partial charge < -0.3 is 4.42 Å². The van der Waals surface area contributed by atoms with E-state index in [-0.39, 0.29) is 10.8 Å². The van der Waals surface area contributed by atoms with Gasteiger partial charge in [-0.3, -0.25) is 4.98 Å². The molecule has 5 nitrogen and oxygen atoms in total. The van der Waals surface area contributed by atoms with Crippen molar-refractivity contribution < 1.29 is 4.42 Å². The van der Waals surface area contributed by atoms with Crippen LogP contribution in [0.2, 0.25) is 0 Å². The fraction of sp³-hybridized carbons (Fsp3) is 0.238. The van der Waals surface area contributed by atoms with Crippen LogP contribution in [0.1, 0.15) is 64.3 Å². The summed E-state index contributed by atoms with van der Waals surface area (Å²) >= 11 is 0. The maximum atomic E-state index is 6.71. The zero-order valence-corrected chi connectivity index (χ0v) is 28.4. The van der Waals surface area contributed by atoms with E-state index in [1.807, 2.05) is 6.20 Å². The van der Waals surface area contributed by atoms with Crippen LogP contribution in [0.5, 0.6) is 0 Å². The van der Waals surface area contributed by atoms with Crippen LogP contribution in [-0.4, -0.2) is 19.9 Å². The van der Waals surface area contributed by atoms with E-state index in [1.165, 1.54) is 11.1 Å². The molecule has 0 radical (unpaired) electrons. The average molecular weight is 617 g/mol. The number of aromatic nitrogens is 4. The molecule has 47 heavy (non-hydrogen) atoms. The Hall–Kier alpha value is -5.16. The molecule has 7 aromatic rings. The van der Waals surface area contributed by atoms with Crippen LogP contribution in [0, 0.1) is 13.8 Å². The molecular formula is C42H40N4O. The van der Waals surface area contributed by atoms with Gasteiger partial charge in [-0.25, -0.2) is 15.0 Å². The first-order valence-electron chi connectivity index (χ1n) is 16.2. The number of aryl methyl sites for hydroxylation is 2. The Kier molecular flexibility index (Phi) is 7.31. The van der Waals surface area contributed by atoms with Crippen LogP contribution in [-0.2, 0) is 10.8 Å². The summed E-state index contributed by atoms with van der Waals surface area (Å²) in [5, 5.41) is 2.19. The Morgan fingerprint density at radius 2 is 1.06 bits per heavy atom. The van der Waals surface area contributed by atoms with Crippen LogP contribution in [0.15, 0.2) is 102 Å². The first-order valence-corrected chi connectivity index (χ1v) is 16.2. The molecule has 0 atom stereocenters. The van der Waals surface area contributed by atoms with Crippen LogP contribution < -0.4 is 0 Å². The number of rotatable bonds is 4.